The number of carbonyl (C=O) groups excluding carboxylic acids is 1. The molecule has 122 valence electrons. The molecule has 0 saturated heterocycles. The van der Waals surface area contributed by atoms with E-state index in [1.807, 2.05) is 0 Å². The van der Waals surface area contributed by atoms with Crippen LogP contribution in [0.2, 0.25) is 0 Å². The first kappa shape index (κ1) is 14.7. The lowest BCUT2D eigenvalue weighted by Crippen LogP contribution is -2.59. The van der Waals surface area contributed by atoms with Crippen molar-refractivity contribution in [1.29, 1.82) is 0 Å². The molecular weight excluding hydrogens is 292 g/mol. The van der Waals surface area contributed by atoms with Gasteiger partial charge in [0.2, 0.25) is 0 Å². The van der Waals surface area contributed by atoms with Crippen LogP contribution in [0.3, 0.4) is 0 Å². The van der Waals surface area contributed by atoms with Crippen LogP contribution in [0.15, 0.2) is 18.2 Å². The zero-order chi connectivity index (χ0) is 16.2. The van der Waals surface area contributed by atoms with Crippen molar-refractivity contribution in [3.8, 4) is 0 Å². The van der Waals surface area contributed by atoms with Gasteiger partial charge in [-0.25, -0.2) is 0 Å². The van der Waals surface area contributed by atoms with Crippen molar-refractivity contribution in [1.82, 2.24) is 5.32 Å². The molecule has 0 aromatic heterocycles. The van der Waals surface area contributed by atoms with Gasteiger partial charge >= 0.3 is 0 Å². The number of nitro groups is 1. The average Bonchev–Trinajstić information content (AvgIpc) is 2.45. The maximum absolute atomic E-state index is 12.7. The van der Waals surface area contributed by atoms with Gasteiger partial charge in [0.05, 0.1) is 4.92 Å². The smallest absolute Gasteiger partial charge is 0.273 e. The summed E-state index contributed by atoms with van der Waals surface area (Å²) in [4.78, 5) is 23.3. The van der Waals surface area contributed by atoms with Crippen LogP contribution in [0.5, 0.6) is 0 Å². The Kier molecular flexibility index (Phi) is 3.22. The minimum atomic E-state index is -0.420. The molecule has 1 amide bonds. The van der Waals surface area contributed by atoms with Crippen LogP contribution in [0, 0.1) is 34.8 Å². The molecule has 4 saturated carbocycles. The lowest BCUT2D eigenvalue weighted by molar-refractivity contribution is -0.385. The normalized spacial score (nSPS) is 34.4. The summed E-state index contributed by atoms with van der Waals surface area (Å²) in [6.45, 7) is 1.69. The Morgan fingerprint density at radius 1 is 1.17 bits per heavy atom. The maximum atomic E-state index is 12.7. The minimum absolute atomic E-state index is 0.0168. The molecule has 0 heterocycles. The van der Waals surface area contributed by atoms with Crippen LogP contribution < -0.4 is 5.32 Å². The Balaban J connectivity index is 1.56. The number of carbonyl (C=O) groups is 1. The van der Waals surface area contributed by atoms with E-state index in [0.29, 0.717) is 11.1 Å². The molecule has 4 bridgehead atoms. The van der Waals surface area contributed by atoms with Gasteiger partial charge in [0.15, 0.2) is 0 Å². The molecule has 0 radical (unpaired) electrons. The van der Waals surface area contributed by atoms with Crippen LogP contribution >= 0.6 is 0 Å². The minimum Gasteiger partial charge on any atom is -0.347 e. The van der Waals surface area contributed by atoms with Gasteiger partial charge in [-0.3, -0.25) is 14.9 Å². The van der Waals surface area contributed by atoms with Crippen molar-refractivity contribution in [2.75, 3.05) is 0 Å². The number of hydrogen-bond donors (Lipinski definition) is 1. The van der Waals surface area contributed by atoms with Crippen molar-refractivity contribution >= 4 is 11.6 Å². The first-order chi connectivity index (χ1) is 10.9. The third-order valence-electron chi connectivity index (χ3n) is 6.08. The lowest BCUT2D eigenvalue weighted by Gasteiger charge is -2.56. The Morgan fingerprint density at radius 3 is 2.26 bits per heavy atom. The van der Waals surface area contributed by atoms with E-state index in [0.717, 1.165) is 37.0 Å². The number of amides is 1. The summed E-state index contributed by atoms with van der Waals surface area (Å²) < 4.78 is 0. The number of nitrogens with zero attached hydrogens (tertiary/aromatic N) is 1. The van der Waals surface area contributed by atoms with Gasteiger partial charge in [-0.2, -0.15) is 0 Å². The molecule has 0 spiro atoms. The molecule has 4 fully saturated rings. The number of benzene rings is 1. The van der Waals surface area contributed by atoms with Gasteiger partial charge in [0.25, 0.3) is 11.6 Å². The standard InChI is InChI=1S/C18H22N2O3/c1-11-2-3-15(7-16(11)20(22)23)17(21)19-18-8-12-4-13(9-18)6-14(5-12)10-18/h2-3,7,12-14H,4-6,8-10H2,1H3,(H,19,21). The second-order valence-corrected chi connectivity index (χ2v) is 7.91. The van der Waals surface area contributed by atoms with E-state index in [-0.39, 0.29) is 17.1 Å². The third-order valence-corrected chi connectivity index (χ3v) is 6.08. The van der Waals surface area contributed by atoms with Crippen LogP contribution in [0.1, 0.15) is 54.4 Å². The first-order valence-corrected chi connectivity index (χ1v) is 8.52. The summed E-state index contributed by atoms with van der Waals surface area (Å²) in [7, 11) is 0. The van der Waals surface area contributed by atoms with E-state index in [2.05, 4.69) is 5.32 Å². The molecule has 4 aliphatic carbocycles. The summed E-state index contributed by atoms with van der Waals surface area (Å²) in [5.41, 5.74) is 0.938. The van der Waals surface area contributed by atoms with E-state index < -0.39 is 4.92 Å². The number of rotatable bonds is 3. The summed E-state index contributed by atoms with van der Waals surface area (Å²) >= 11 is 0. The van der Waals surface area contributed by atoms with Crippen LogP contribution in [-0.2, 0) is 0 Å². The molecule has 4 aliphatic rings. The highest BCUT2D eigenvalue weighted by Crippen LogP contribution is 2.55. The summed E-state index contributed by atoms with van der Waals surface area (Å²) in [6.07, 6.45) is 7.22. The van der Waals surface area contributed by atoms with E-state index in [1.54, 1.807) is 19.1 Å². The van der Waals surface area contributed by atoms with Crippen molar-refractivity contribution in [3.63, 3.8) is 0 Å². The van der Waals surface area contributed by atoms with Gasteiger partial charge in [-0.15, -0.1) is 0 Å². The monoisotopic (exact) mass is 314 g/mol. The molecule has 0 atom stereocenters. The quantitative estimate of drug-likeness (QED) is 0.684. The number of nitro benzene ring substituents is 1. The predicted octanol–water partition coefficient (Wildman–Crippen LogP) is 3.60. The van der Waals surface area contributed by atoms with Crippen molar-refractivity contribution in [3.05, 3.63) is 39.4 Å². The number of nitrogens with one attached hydrogen (secondary N) is 1. The molecular formula is C18H22N2O3. The Bertz CT molecular complexity index is 648. The molecule has 0 aliphatic heterocycles. The largest absolute Gasteiger partial charge is 0.347 e. The second-order valence-electron chi connectivity index (χ2n) is 7.91. The third kappa shape index (κ3) is 2.52. The van der Waals surface area contributed by atoms with Crippen molar-refractivity contribution in [2.45, 2.75) is 51.0 Å². The van der Waals surface area contributed by atoms with Crippen molar-refractivity contribution in [2.24, 2.45) is 17.8 Å². The van der Waals surface area contributed by atoms with Gasteiger partial charge in [-0.1, -0.05) is 6.07 Å². The van der Waals surface area contributed by atoms with Crippen LogP contribution in [0.4, 0.5) is 5.69 Å². The molecule has 1 N–H and O–H groups in total. The van der Waals surface area contributed by atoms with E-state index in [4.69, 9.17) is 0 Å². The molecule has 1 aromatic carbocycles. The van der Waals surface area contributed by atoms with Crippen molar-refractivity contribution < 1.29 is 9.72 Å². The fourth-order valence-electron chi connectivity index (χ4n) is 5.52. The highest BCUT2D eigenvalue weighted by molar-refractivity contribution is 5.95. The zero-order valence-electron chi connectivity index (χ0n) is 13.4. The molecule has 1 aromatic rings. The number of aryl methyl sites for hydroxylation is 1. The van der Waals surface area contributed by atoms with Gasteiger partial charge in [-0.05, 0) is 69.3 Å². The highest BCUT2D eigenvalue weighted by atomic mass is 16.6. The molecule has 23 heavy (non-hydrogen) atoms. The fraction of sp³-hybridized carbons (Fsp3) is 0.611. The first-order valence-electron chi connectivity index (χ1n) is 8.52. The second kappa shape index (κ2) is 5.05. The van der Waals surface area contributed by atoms with Gasteiger partial charge in [0.1, 0.15) is 0 Å². The maximum Gasteiger partial charge on any atom is 0.273 e. The lowest BCUT2D eigenvalue weighted by atomic mass is 9.53. The summed E-state index contributed by atoms with van der Waals surface area (Å²) in [5.74, 6) is 2.12. The molecule has 5 nitrogen and oxygen atoms in total. The summed E-state index contributed by atoms with van der Waals surface area (Å²) in [5, 5.41) is 14.3. The predicted molar refractivity (Wildman–Crippen MR) is 86.2 cm³/mol. The molecule has 0 unspecified atom stereocenters. The Labute approximate surface area is 135 Å². The summed E-state index contributed by atoms with van der Waals surface area (Å²) in [6, 6.07) is 4.76. The van der Waals surface area contributed by atoms with E-state index in [1.165, 1.54) is 25.3 Å². The average molecular weight is 314 g/mol. The van der Waals surface area contributed by atoms with E-state index >= 15 is 0 Å². The Morgan fingerprint density at radius 2 is 1.74 bits per heavy atom. The SMILES string of the molecule is Cc1ccc(C(=O)NC23CC4CC(CC(C4)C2)C3)cc1[N+](=O)[O-]. The molecule has 5 rings (SSSR count). The van der Waals surface area contributed by atoms with Crippen LogP contribution in [-0.4, -0.2) is 16.4 Å². The zero-order valence-corrected chi connectivity index (χ0v) is 13.4. The van der Waals surface area contributed by atoms with Crippen LogP contribution in [0.25, 0.3) is 0 Å². The van der Waals surface area contributed by atoms with Gasteiger partial charge in [0, 0.05) is 22.7 Å². The molecule has 5 heteroatoms. The Hall–Kier alpha value is -1.91. The topological polar surface area (TPSA) is 72.2 Å². The van der Waals surface area contributed by atoms with E-state index in [9.17, 15) is 14.9 Å². The van der Waals surface area contributed by atoms with Gasteiger partial charge < -0.3 is 5.32 Å². The fourth-order valence-corrected chi connectivity index (χ4v) is 5.52. The highest BCUT2D eigenvalue weighted by Gasteiger charge is 2.51. The number of hydrogen-bond acceptors (Lipinski definition) is 3.